The molecule has 2 aromatic rings. The monoisotopic (exact) mass is 360 g/mol. The first kappa shape index (κ1) is 18.3. The van der Waals surface area contributed by atoms with Crippen molar-refractivity contribution >= 4 is 6.09 Å². The molecule has 1 aliphatic rings. The van der Waals surface area contributed by atoms with Crippen molar-refractivity contribution in [3.63, 3.8) is 0 Å². The Bertz CT molecular complexity index is 718. The van der Waals surface area contributed by atoms with Crippen molar-refractivity contribution in [2.45, 2.75) is 51.9 Å². The van der Waals surface area contributed by atoms with Crippen LogP contribution in [-0.2, 0) is 16.1 Å². The van der Waals surface area contributed by atoms with E-state index in [0.29, 0.717) is 24.8 Å². The zero-order valence-corrected chi connectivity index (χ0v) is 15.3. The summed E-state index contributed by atoms with van der Waals surface area (Å²) in [6.07, 6.45) is 4.66. The number of piperidine rings is 1. The van der Waals surface area contributed by atoms with Crippen LogP contribution in [0.15, 0.2) is 29.0 Å². The van der Waals surface area contributed by atoms with E-state index in [1.807, 2.05) is 32.9 Å². The molecular formula is C18H24N4O4. The quantitative estimate of drug-likeness (QED) is 0.827. The number of carbonyl (C=O) groups excluding carboxylic acids is 1. The Labute approximate surface area is 152 Å². The molecule has 1 saturated heterocycles. The molecule has 3 rings (SSSR count). The second kappa shape index (κ2) is 7.82. The van der Waals surface area contributed by atoms with Gasteiger partial charge in [-0.05, 0) is 45.7 Å². The SMILES string of the molecule is CC(C)(C)OC(=O)N1CCC(OCc2noc(-c3ccncc3)n2)CC1. The fourth-order valence-electron chi connectivity index (χ4n) is 2.65. The van der Waals surface area contributed by atoms with Crippen LogP contribution >= 0.6 is 0 Å². The van der Waals surface area contributed by atoms with Gasteiger partial charge in [0.1, 0.15) is 12.2 Å². The molecule has 8 nitrogen and oxygen atoms in total. The molecule has 8 heteroatoms. The average molecular weight is 360 g/mol. The molecule has 0 bridgehead atoms. The Kier molecular flexibility index (Phi) is 5.51. The summed E-state index contributed by atoms with van der Waals surface area (Å²) in [6.45, 7) is 7.12. The Balaban J connectivity index is 1.44. The van der Waals surface area contributed by atoms with Crippen LogP contribution in [-0.4, -0.2) is 50.9 Å². The fourth-order valence-corrected chi connectivity index (χ4v) is 2.65. The van der Waals surface area contributed by atoms with Gasteiger partial charge in [-0.25, -0.2) is 4.79 Å². The minimum atomic E-state index is -0.477. The maximum atomic E-state index is 12.1. The van der Waals surface area contributed by atoms with E-state index in [1.165, 1.54) is 0 Å². The average Bonchev–Trinajstić information content (AvgIpc) is 3.09. The van der Waals surface area contributed by atoms with Crippen molar-refractivity contribution in [2.24, 2.45) is 0 Å². The number of nitrogens with zero attached hydrogens (tertiary/aromatic N) is 4. The van der Waals surface area contributed by atoms with Gasteiger partial charge in [0.05, 0.1) is 6.10 Å². The minimum absolute atomic E-state index is 0.0663. The topological polar surface area (TPSA) is 90.6 Å². The van der Waals surface area contributed by atoms with Crippen LogP contribution < -0.4 is 0 Å². The molecule has 0 aromatic carbocycles. The molecule has 3 heterocycles. The number of likely N-dealkylation sites (tertiary alicyclic amines) is 1. The van der Waals surface area contributed by atoms with Crippen molar-refractivity contribution in [3.05, 3.63) is 30.4 Å². The highest BCUT2D eigenvalue weighted by molar-refractivity contribution is 5.68. The van der Waals surface area contributed by atoms with E-state index in [-0.39, 0.29) is 18.8 Å². The minimum Gasteiger partial charge on any atom is -0.444 e. The van der Waals surface area contributed by atoms with Gasteiger partial charge in [-0.1, -0.05) is 5.16 Å². The van der Waals surface area contributed by atoms with Crippen molar-refractivity contribution in [3.8, 4) is 11.5 Å². The Morgan fingerprint density at radius 1 is 1.27 bits per heavy atom. The van der Waals surface area contributed by atoms with E-state index >= 15 is 0 Å². The third kappa shape index (κ3) is 5.01. The van der Waals surface area contributed by atoms with Gasteiger partial charge in [0.2, 0.25) is 0 Å². The lowest BCUT2D eigenvalue weighted by Gasteiger charge is -2.33. The summed E-state index contributed by atoms with van der Waals surface area (Å²) in [5, 5.41) is 3.94. The van der Waals surface area contributed by atoms with E-state index in [0.717, 1.165) is 18.4 Å². The van der Waals surface area contributed by atoms with Crippen LogP contribution in [0.25, 0.3) is 11.5 Å². The summed E-state index contributed by atoms with van der Waals surface area (Å²) in [5.41, 5.74) is 0.347. The maximum absolute atomic E-state index is 12.1. The highest BCUT2D eigenvalue weighted by atomic mass is 16.6. The first-order valence-corrected chi connectivity index (χ1v) is 8.73. The van der Waals surface area contributed by atoms with E-state index < -0.39 is 5.60 Å². The molecule has 0 atom stereocenters. The Morgan fingerprint density at radius 2 is 1.96 bits per heavy atom. The Hall–Kier alpha value is -2.48. The van der Waals surface area contributed by atoms with Crippen LogP contribution in [0, 0.1) is 0 Å². The van der Waals surface area contributed by atoms with E-state index in [1.54, 1.807) is 17.3 Å². The maximum Gasteiger partial charge on any atom is 0.410 e. The van der Waals surface area contributed by atoms with Crippen molar-refractivity contribution in [1.29, 1.82) is 0 Å². The predicted octanol–water partition coefficient (Wildman–Crippen LogP) is 3.05. The molecule has 1 fully saturated rings. The second-order valence-electron chi connectivity index (χ2n) is 7.23. The predicted molar refractivity (Wildman–Crippen MR) is 93.1 cm³/mol. The zero-order valence-electron chi connectivity index (χ0n) is 15.3. The largest absolute Gasteiger partial charge is 0.444 e. The van der Waals surface area contributed by atoms with Crippen LogP contribution in [0.1, 0.15) is 39.4 Å². The summed E-state index contributed by atoms with van der Waals surface area (Å²) in [6, 6.07) is 3.62. The summed E-state index contributed by atoms with van der Waals surface area (Å²) < 4.78 is 16.5. The number of pyridine rings is 1. The number of amides is 1. The standard InChI is InChI=1S/C18H24N4O4/c1-18(2,3)25-17(23)22-10-6-14(7-11-22)24-12-15-20-16(26-21-15)13-4-8-19-9-5-13/h4-5,8-9,14H,6-7,10-12H2,1-3H3. The smallest absolute Gasteiger partial charge is 0.410 e. The third-order valence-electron chi connectivity index (χ3n) is 3.94. The number of hydrogen-bond donors (Lipinski definition) is 0. The van der Waals surface area contributed by atoms with E-state index in [9.17, 15) is 4.79 Å². The lowest BCUT2D eigenvalue weighted by atomic mass is 10.1. The highest BCUT2D eigenvalue weighted by Gasteiger charge is 2.27. The second-order valence-corrected chi connectivity index (χ2v) is 7.23. The van der Waals surface area contributed by atoms with Gasteiger partial charge in [0.15, 0.2) is 5.82 Å². The molecule has 0 aliphatic carbocycles. The van der Waals surface area contributed by atoms with Gasteiger partial charge < -0.3 is 18.9 Å². The molecule has 1 aliphatic heterocycles. The van der Waals surface area contributed by atoms with E-state index in [4.69, 9.17) is 14.0 Å². The lowest BCUT2D eigenvalue weighted by Crippen LogP contribution is -2.43. The molecule has 0 N–H and O–H groups in total. The van der Waals surface area contributed by atoms with Gasteiger partial charge in [-0.15, -0.1) is 0 Å². The number of rotatable bonds is 4. The highest BCUT2D eigenvalue weighted by Crippen LogP contribution is 2.19. The normalized spacial score (nSPS) is 15.9. The number of ether oxygens (including phenoxy) is 2. The summed E-state index contributed by atoms with van der Waals surface area (Å²) in [4.78, 5) is 22.1. The first-order chi connectivity index (χ1) is 12.4. The molecular weight excluding hydrogens is 336 g/mol. The molecule has 1 amide bonds. The number of aromatic nitrogens is 3. The summed E-state index contributed by atoms with van der Waals surface area (Å²) in [5.74, 6) is 0.956. The summed E-state index contributed by atoms with van der Waals surface area (Å²) >= 11 is 0. The molecule has 0 radical (unpaired) electrons. The van der Waals surface area contributed by atoms with Gasteiger partial charge in [-0.3, -0.25) is 4.98 Å². The molecule has 140 valence electrons. The van der Waals surface area contributed by atoms with Crippen LogP contribution in [0.5, 0.6) is 0 Å². The van der Waals surface area contributed by atoms with E-state index in [2.05, 4.69) is 15.1 Å². The molecule has 0 spiro atoms. The molecule has 0 unspecified atom stereocenters. The Morgan fingerprint density at radius 3 is 2.62 bits per heavy atom. The van der Waals surface area contributed by atoms with Crippen molar-refractivity contribution in [1.82, 2.24) is 20.0 Å². The van der Waals surface area contributed by atoms with Crippen molar-refractivity contribution < 1.29 is 18.8 Å². The third-order valence-corrected chi connectivity index (χ3v) is 3.94. The molecule has 26 heavy (non-hydrogen) atoms. The summed E-state index contributed by atoms with van der Waals surface area (Å²) in [7, 11) is 0. The van der Waals surface area contributed by atoms with Crippen LogP contribution in [0.4, 0.5) is 4.79 Å². The fraction of sp³-hybridized carbons (Fsp3) is 0.556. The lowest BCUT2D eigenvalue weighted by molar-refractivity contribution is -0.0190. The first-order valence-electron chi connectivity index (χ1n) is 8.73. The van der Waals surface area contributed by atoms with Gasteiger partial charge in [0.25, 0.3) is 5.89 Å². The van der Waals surface area contributed by atoms with Crippen molar-refractivity contribution in [2.75, 3.05) is 13.1 Å². The van der Waals surface area contributed by atoms with Crippen LogP contribution in [0.2, 0.25) is 0 Å². The zero-order chi connectivity index (χ0) is 18.6. The van der Waals surface area contributed by atoms with Gasteiger partial charge in [0, 0.05) is 31.0 Å². The van der Waals surface area contributed by atoms with Crippen LogP contribution in [0.3, 0.4) is 0 Å². The number of hydrogen-bond acceptors (Lipinski definition) is 7. The number of carbonyl (C=O) groups is 1. The van der Waals surface area contributed by atoms with Gasteiger partial charge in [-0.2, -0.15) is 4.98 Å². The van der Waals surface area contributed by atoms with Gasteiger partial charge >= 0.3 is 6.09 Å². The molecule has 0 saturated carbocycles. The molecule has 2 aromatic heterocycles.